The minimum atomic E-state index is -2.62. The molecule has 0 bridgehead atoms. The molecule has 1 saturated carbocycles. The lowest BCUT2D eigenvalue weighted by atomic mass is 10.0. The van der Waals surface area contributed by atoms with E-state index in [4.69, 9.17) is 5.73 Å². The first-order valence-electron chi connectivity index (χ1n) is 3.84. The first kappa shape index (κ1) is 7.73. The molecule has 1 heterocycles. The number of rotatable bonds is 2. The van der Waals surface area contributed by atoms with Crippen molar-refractivity contribution in [3.05, 3.63) is 24.0 Å². The molecule has 2 nitrogen and oxygen atoms in total. The predicted octanol–water partition coefficient (Wildman–Crippen LogP) is 1.25. The van der Waals surface area contributed by atoms with Crippen LogP contribution in [-0.2, 0) is 5.41 Å². The molecule has 1 atom stereocenters. The van der Waals surface area contributed by atoms with Crippen molar-refractivity contribution in [2.24, 2.45) is 5.73 Å². The lowest BCUT2D eigenvalue weighted by Gasteiger charge is -2.11. The topological polar surface area (TPSA) is 41.8 Å². The van der Waals surface area contributed by atoms with Crippen molar-refractivity contribution in [2.45, 2.75) is 17.8 Å². The molecule has 0 radical (unpaired) electrons. The monoisotopic (exact) mass is 172 g/mol. The van der Waals surface area contributed by atoms with Gasteiger partial charge in [0.2, 0.25) is 0 Å². The number of aromatic nitrogens is 1. The maximum Gasteiger partial charge on any atom is 0.261 e. The number of H-pyrrole nitrogens is 1. The lowest BCUT2D eigenvalue weighted by molar-refractivity contribution is 0.0887. The van der Waals surface area contributed by atoms with E-state index < -0.39 is 11.3 Å². The number of hydrogen-bond acceptors (Lipinski definition) is 1. The molecular weight excluding hydrogens is 162 g/mol. The van der Waals surface area contributed by atoms with E-state index in [0.717, 1.165) is 0 Å². The summed E-state index contributed by atoms with van der Waals surface area (Å²) < 4.78 is 25.8. The average Bonchev–Trinajstić information content (AvgIpc) is 2.52. The molecule has 1 aliphatic carbocycles. The van der Waals surface area contributed by atoms with E-state index in [9.17, 15) is 8.78 Å². The number of alkyl halides is 2. The van der Waals surface area contributed by atoms with Crippen molar-refractivity contribution in [3.63, 3.8) is 0 Å². The van der Waals surface area contributed by atoms with Crippen LogP contribution in [0.25, 0.3) is 0 Å². The second kappa shape index (κ2) is 2.07. The largest absolute Gasteiger partial charge is 0.364 e. The van der Waals surface area contributed by atoms with Crippen LogP contribution in [0.1, 0.15) is 12.1 Å². The molecule has 0 spiro atoms. The Morgan fingerprint density at radius 3 is 2.58 bits per heavy atom. The zero-order chi connectivity index (χ0) is 8.82. The van der Waals surface area contributed by atoms with Crippen LogP contribution in [0.5, 0.6) is 0 Å². The van der Waals surface area contributed by atoms with Crippen molar-refractivity contribution in [3.8, 4) is 0 Å². The molecule has 0 aliphatic heterocycles. The van der Waals surface area contributed by atoms with Crippen molar-refractivity contribution < 1.29 is 8.78 Å². The lowest BCUT2D eigenvalue weighted by Crippen LogP contribution is -2.27. The van der Waals surface area contributed by atoms with Crippen molar-refractivity contribution >= 4 is 0 Å². The van der Waals surface area contributed by atoms with Crippen molar-refractivity contribution in [1.29, 1.82) is 0 Å². The van der Waals surface area contributed by atoms with E-state index in [2.05, 4.69) is 4.98 Å². The van der Waals surface area contributed by atoms with Crippen molar-refractivity contribution in [1.82, 2.24) is 4.98 Å². The predicted molar refractivity (Wildman–Crippen MR) is 41.1 cm³/mol. The minimum absolute atomic E-state index is 0.000509. The van der Waals surface area contributed by atoms with Gasteiger partial charge in [-0.05, 0) is 12.1 Å². The number of halogens is 2. The molecule has 1 fully saturated rings. The van der Waals surface area contributed by atoms with Gasteiger partial charge in [0, 0.05) is 24.9 Å². The fraction of sp³-hybridized carbons (Fsp3) is 0.500. The van der Waals surface area contributed by atoms with Crippen molar-refractivity contribution in [2.75, 3.05) is 6.54 Å². The van der Waals surface area contributed by atoms with Crippen LogP contribution in [0.3, 0.4) is 0 Å². The molecule has 0 aromatic carbocycles. The fourth-order valence-corrected chi connectivity index (χ4v) is 1.59. The Morgan fingerprint density at radius 1 is 1.58 bits per heavy atom. The van der Waals surface area contributed by atoms with Crippen LogP contribution in [0.4, 0.5) is 8.78 Å². The Balaban J connectivity index is 2.34. The highest BCUT2D eigenvalue weighted by atomic mass is 19.3. The molecule has 1 aromatic heterocycles. The van der Waals surface area contributed by atoms with E-state index in [0.29, 0.717) is 5.69 Å². The Labute approximate surface area is 68.8 Å². The third-order valence-electron chi connectivity index (χ3n) is 2.56. The Kier molecular flexibility index (Phi) is 1.33. The zero-order valence-corrected chi connectivity index (χ0v) is 6.48. The molecule has 2 rings (SSSR count). The zero-order valence-electron chi connectivity index (χ0n) is 6.48. The third-order valence-corrected chi connectivity index (χ3v) is 2.56. The van der Waals surface area contributed by atoms with E-state index in [1.165, 1.54) is 0 Å². The normalized spacial score (nSPS) is 31.9. The number of nitrogens with one attached hydrogen (secondary N) is 1. The number of hydrogen-bond donors (Lipinski definition) is 2. The van der Waals surface area contributed by atoms with Crippen LogP contribution in [0.15, 0.2) is 18.3 Å². The number of aromatic amines is 1. The molecule has 1 aliphatic rings. The molecule has 12 heavy (non-hydrogen) atoms. The maximum atomic E-state index is 12.9. The van der Waals surface area contributed by atoms with Gasteiger partial charge in [-0.3, -0.25) is 0 Å². The molecule has 66 valence electrons. The highest BCUT2D eigenvalue weighted by molar-refractivity contribution is 5.33. The van der Waals surface area contributed by atoms with Crippen LogP contribution < -0.4 is 5.73 Å². The van der Waals surface area contributed by atoms with E-state index >= 15 is 0 Å². The van der Waals surface area contributed by atoms with Gasteiger partial charge in [-0.15, -0.1) is 0 Å². The second-order valence-electron chi connectivity index (χ2n) is 3.25. The van der Waals surface area contributed by atoms with Gasteiger partial charge in [-0.2, -0.15) is 0 Å². The molecule has 1 aromatic rings. The SMILES string of the molecule is NCC1(c2ccc[nH]2)CC1(F)F. The smallest absolute Gasteiger partial charge is 0.261 e. The summed E-state index contributed by atoms with van der Waals surface area (Å²) in [6, 6.07) is 3.37. The molecule has 0 amide bonds. The van der Waals surface area contributed by atoms with E-state index in [1.807, 2.05) is 0 Å². The summed E-state index contributed by atoms with van der Waals surface area (Å²) in [5, 5.41) is 0. The Bertz CT molecular complexity index is 281. The van der Waals surface area contributed by atoms with Gasteiger partial charge in [-0.1, -0.05) is 0 Å². The summed E-state index contributed by atoms with van der Waals surface area (Å²) in [7, 11) is 0. The van der Waals surface area contributed by atoms with Gasteiger partial charge in [0.15, 0.2) is 0 Å². The summed E-state index contributed by atoms with van der Waals surface area (Å²) in [5.74, 6) is -2.62. The summed E-state index contributed by atoms with van der Waals surface area (Å²) in [6.45, 7) is 0.000509. The van der Waals surface area contributed by atoms with Gasteiger partial charge in [0.1, 0.15) is 0 Å². The quantitative estimate of drug-likeness (QED) is 0.692. The Hall–Kier alpha value is -0.900. The molecule has 0 saturated heterocycles. The average molecular weight is 172 g/mol. The standard InChI is InChI=1S/C8H10F2N2/c9-8(10)4-7(8,5-11)6-2-1-3-12-6/h1-3,12H,4-5,11H2. The van der Waals surface area contributed by atoms with Gasteiger partial charge in [0.25, 0.3) is 5.92 Å². The molecule has 3 N–H and O–H groups in total. The third kappa shape index (κ3) is 0.756. The summed E-state index contributed by atoms with van der Waals surface area (Å²) in [6.07, 6.45) is 1.51. The maximum absolute atomic E-state index is 12.9. The summed E-state index contributed by atoms with van der Waals surface area (Å²) in [4.78, 5) is 2.79. The highest BCUT2D eigenvalue weighted by Crippen LogP contribution is 2.60. The van der Waals surface area contributed by atoms with Gasteiger partial charge < -0.3 is 10.7 Å². The summed E-state index contributed by atoms with van der Waals surface area (Å²) >= 11 is 0. The first-order valence-corrected chi connectivity index (χ1v) is 3.84. The fourth-order valence-electron chi connectivity index (χ4n) is 1.59. The first-order chi connectivity index (χ1) is 5.62. The van der Waals surface area contributed by atoms with Crippen LogP contribution >= 0.6 is 0 Å². The Morgan fingerprint density at radius 2 is 2.25 bits per heavy atom. The number of nitrogens with two attached hydrogens (primary N) is 1. The van der Waals surface area contributed by atoms with E-state index in [1.54, 1.807) is 18.3 Å². The van der Waals surface area contributed by atoms with Crippen LogP contribution in [0, 0.1) is 0 Å². The van der Waals surface area contributed by atoms with Gasteiger partial charge in [0.05, 0.1) is 5.41 Å². The molecular formula is C8H10F2N2. The summed E-state index contributed by atoms with van der Waals surface area (Å²) in [5.41, 5.74) is 4.79. The van der Waals surface area contributed by atoms with Crippen LogP contribution in [0.2, 0.25) is 0 Å². The second-order valence-corrected chi connectivity index (χ2v) is 3.25. The van der Waals surface area contributed by atoms with Crippen LogP contribution in [-0.4, -0.2) is 17.5 Å². The van der Waals surface area contributed by atoms with E-state index in [-0.39, 0.29) is 13.0 Å². The van der Waals surface area contributed by atoms with Gasteiger partial charge >= 0.3 is 0 Å². The van der Waals surface area contributed by atoms with Gasteiger partial charge in [-0.25, -0.2) is 8.78 Å². The molecule has 4 heteroatoms. The minimum Gasteiger partial charge on any atom is -0.364 e. The highest BCUT2D eigenvalue weighted by Gasteiger charge is 2.71. The molecule has 1 unspecified atom stereocenters.